The average molecular weight is 375 g/mol. The summed E-state index contributed by atoms with van der Waals surface area (Å²) in [6.07, 6.45) is 2.88. The first kappa shape index (κ1) is 20.4. The van der Waals surface area contributed by atoms with Gasteiger partial charge in [0.25, 0.3) is 11.2 Å². The summed E-state index contributed by atoms with van der Waals surface area (Å²) in [5, 5.41) is 10.8. The van der Waals surface area contributed by atoms with Gasteiger partial charge in [-0.25, -0.2) is 0 Å². The number of nitro groups is 1. The van der Waals surface area contributed by atoms with Gasteiger partial charge in [0.05, 0.1) is 11.5 Å². The second-order valence-electron chi connectivity index (χ2n) is 6.32. The van der Waals surface area contributed by atoms with E-state index < -0.39 is 4.92 Å². The van der Waals surface area contributed by atoms with Crippen LogP contribution in [0.4, 0.5) is 5.69 Å². The van der Waals surface area contributed by atoms with Crippen LogP contribution < -0.4 is 5.56 Å². The molecule has 8 heteroatoms. The fourth-order valence-electron chi connectivity index (χ4n) is 3.04. The minimum atomic E-state index is -0.453. The van der Waals surface area contributed by atoms with E-state index in [1.165, 1.54) is 16.8 Å². The monoisotopic (exact) mass is 375 g/mol. The predicted molar refractivity (Wildman–Crippen MR) is 101 cm³/mol. The summed E-state index contributed by atoms with van der Waals surface area (Å²) in [6, 6.07) is 6.18. The number of unbranched alkanes of at least 4 members (excludes halogenated alkanes) is 1. The molecule has 0 spiro atoms. The molecule has 27 heavy (non-hydrogen) atoms. The van der Waals surface area contributed by atoms with Gasteiger partial charge in [0.1, 0.15) is 6.54 Å². The van der Waals surface area contributed by atoms with Crippen molar-refractivity contribution in [3.05, 3.63) is 61.6 Å². The molecule has 0 atom stereocenters. The molecule has 0 bridgehead atoms. The molecule has 0 radical (unpaired) electrons. The summed E-state index contributed by atoms with van der Waals surface area (Å²) in [5.41, 5.74) is 2.09. The second-order valence-corrected chi connectivity index (χ2v) is 6.32. The normalized spacial score (nSPS) is 10.8. The summed E-state index contributed by atoms with van der Waals surface area (Å²) < 4.78 is 8.15. The second kappa shape index (κ2) is 9.16. The van der Waals surface area contributed by atoms with Gasteiger partial charge in [0.15, 0.2) is 0 Å². The Balaban J connectivity index is 2.40. The SMILES string of the molecule is CCCCc1c(Cc2ccc([N+](=O)[O-])cc2)c(=O)n(C)n1CC(=O)OCC. The number of aromatic nitrogens is 2. The maximum Gasteiger partial charge on any atom is 0.327 e. The number of rotatable bonds is 9. The van der Waals surface area contributed by atoms with Crippen molar-refractivity contribution in [1.82, 2.24) is 9.36 Å². The molecule has 0 amide bonds. The highest BCUT2D eigenvalue weighted by Crippen LogP contribution is 2.18. The van der Waals surface area contributed by atoms with Crippen molar-refractivity contribution in [2.75, 3.05) is 6.61 Å². The number of hydrogen-bond acceptors (Lipinski definition) is 5. The van der Waals surface area contributed by atoms with Crippen molar-refractivity contribution < 1.29 is 14.5 Å². The van der Waals surface area contributed by atoms with E-state index in [0.29, 0.717) is 18.4 Å². The number of carbonyl (C=O) groups is 1. The molecule has 0 N–H and O–H groups in total. The van der Waals surface area contributed by atoms with Gasteiger partial charge in [0, 0.05) is 36.9 Å². The van der Waals surface area contributed by atoms with Gasteiger partial charge in [-0.05, 0) is 25.3 Å². The van der Waals surface area contributed by atoms with E-state index in [9.17, 15) is 19.7 Å². The van der Waals surface area contributed by atoms with Crippen LogP contribution in [-0.2, 0) is 36.0 Å². The van der Waals surface area contributed by atoms with E-state index in [2.05, 4.69) is 6.92 Å². The van der Waals surface area contributed by atoms with Crippen LogP contribution in [0.1, 0.15) is 43.5 Å². The van der Waals surface area contributed by atoms with Crippen LogP contribution in [0.3, 0.4) is 0 Å². The quantitative estimate of drug-likeness (QED) is 0.381. The van der Waals surface area contributed by atoms with Crippen LogP contribution in [0.5, 0.6) is 0 Å². The van der Waals surface area contributed by atoms with Gasteiger partial charge < -0.3 is 4.74 Å². The van der Waals surface area contributed by atoms with Crippen LogP contribution in [0.15, 0.2) is 29.1 Å². The highest BCUT2D eigenvalue weighted by atomic mass is 16.6. The van der Waals surface area contributed by atoms with E-state index in [1.807, 2.05) is 0 Å². The third-order valence-corrected chi connectivity index (χ3v) is 4.45. The minimum absolute atomic E-state index is 0.0118. The lowest BCUT2D eigenvalue weighted by Gasteiger charge is -2.12. The zero-order valence-electron chi connectivity index (χ0n) is 15.9. The van der Waals surface area contributed by atoms with Crippen LogP contribution in [0.25, 0.3) is 0 Å². The zero-order chi connectivity index (χ0) is 20.0. The van der Waals surface area contributed by atoms with Gasteiger partial charge in [-0.3, -0.25) is 29.1 Å². The molecule has 0 saturated heterocycles. The molecule has 2 aromatic rings. The molecule has 0 aliphatic carbocycles. The number of carbonyl (C=O) groups excluding carboxylic acids is 1. The average Bonchev–Trinajstić information content (AvgIpc) is 2.85. The number of hydrogen-bond donors (Lipinski definition) is 0. The Hall–Kier alpha value is -2.90. The number of nitro benzene ring substituents is 1. The van der Waals surface area contributed by atoms with Crippen LogP contribution in [-0.4, -0.2) is 26.9 Å². The van der Waals surface area contributed by atoms with Crippen LogP contribution in [0, 0.1) is 10.1 Å². The zero-order valence-corrected chi connectivity index (χ0v) is 15.9. The Morgan fingerprint density at radius 3 is 2.44 bits per heavy atom. The van der Waals surface area contributed by atoms with E-state index in [-0.39, 0.29) is 30.4 Å². The lowest BCUT2D eigenvalue weighted by atomic mass is 10.0. The van der Waals surface area contributed by atoms with Gasteiger partial charge in [-0.15, -0.1) is 0 Å². The maximum atomic E-state index is 12.8. The van der Waals surface area contributed by atoms with Crippen molar-refractivity contribution in [3.63, 3.8) is 0 Å². The lowest BCUT2D eigenvalue weighted by molar-refractivity contribution is -0.384. The summed E-state index contributed by atoms with van der Waals surface area (Å²) in [4.78, 5) is 35.1. The topological polar surface area (TPSA) is 96.4 Å². The molecule has 1 aromatic heterocycles. The van der Waals surface area contributed by atoms with Crippen molar-refractivity contribution in [3.8, 4) is 0 Å². The molecule has 0 saturated carbocycles. The molecule has 1 aromatic carbocycles. The molecule has 0 fully saturated rings. The Kier molecular flexibility index (Phi) is 6.92. The van der Waals surface area contributed by atoms with Crippen molar-refractivity contribution >= 4 is 11.7 Å². The van der Waals surface area contributed by atoms with E-state index >= 15 is 0 Å². The Morgan fingerprint density at radius 1 is 1.22 bits per heavy atom. The van der Waals surface area contributed by atoms with E-state index in [0.717, 1.165) is 24.1 Å². The largest absolute Gasteiger partial charge is 0.465 e. The van der Waals surface area contributed by atoms with Gasteiger partial charge in [0.2, 0.25) is 0 Å². The van der Waals surface area contributed by atoms with Crippen molar-refractivity contribution in [2.45, 2.75) is 46.1 Å². The highest BCUT2D eigenvalue weighted by molar-refractivity contribution is 5.69. The molecule has 1 heterocycles. The molecular weight excluding hydrogens is 350 g/mol. The Labute approximate surface area is 157 Å². The van der Waals surface area contributed by atoms with Crippen LogP contribution in [0.2, 0.25) is 0 Å². The van der Waals surface area contributed by atoms with Crippen molar-refractivity contribution in [2.24, 2.45) is 7.05 Å². The standard InChI is InChI=1S/C19H25N3O5/c1-4-6-7-17-16(12-14-8-10-15(11-9-14)22(25)26)19(24)20(3)21(17)13-18(23)27-5-2/h8-11H,4-7,12-13H2,1-3H3. The third-order valence-electron chi connectivity index (χ3n) is 4.45. The fourth-order valence-corrected chi connectivity index (χ4v) is 3.04. The van der Waals surface area contributed by atoms with Gasteiger partial charge >= 0.3 is 5.97 Å². The third kappa shape index (κ3) is 4.84. The molecule has 0 aliphatic rings. The smallest absolute Gasteiger partial charge is 0.327 e. The van der Waals surface area contributed by atoms with Crippen molar-refractivity contribution in [1.29, 1.82) is 0 Å². The first-order valence-electron chi connectivity index (χ1n) is 9.05. The molecule has 8 nitrogen and oxygen atoms in total. The van der Waals surface area contributed by atoms with E-state index in [4.69, 9.17) is 4.74 Å². The summed E-state index contributed by atoms with van der Waals surface area (Å²) in [5.74, 6) is -0.386. The van der Waals surface area contributed by atoms with E-state index in [1.54, 1.807) is 30.8 Å². The number of ether oxygens (including phenoxy) is 1. The molecule has 0 aliphatic heterocycles. The number of nitrogens with zero attached hydrogens (tertiary/aromatic N) is 3. The first-order valence-corrected chi connectivity index (χ1v) is 9.05. The summed E-state index contributed by atoms with van der Waals surface area (Å²) >= 11 is 0. The summed E-state index contributed by atoms with van der Waals surface area (Å²) in [6.45, 7) is 4.07. The number of non-ortho nitro benzene ring substituents is 1. The summed E-state index contributed by atoms with van der Waals surface area (Å²) in [7, 11) is 1.64. The molecule has 2 rings (SSSR count). The minimum Gasteiger partial charge on any atom is -0.465 e. The molecule has 146 valence electrons. The number of esters is 1. The Bertz CT molecular complexity index is 865. The first-order chi connectivity index (χ1) is 12.9. The van der Waals surface area contributed by atoms with Gasteiger partial charge in [-0.2, -0.15) is 0 Å². The Morgan fingerprint density at radius 2 is 1.89 bits per heavy atom. The fraction of sp³-hybridized carbons (Fsp3) is 0.474. The maximum absolute atomic E-state index is 12.8. The molecular formula is C19H25N3O5. The number of benzene rings is 1. The van der Waals surface area contributed by atoms with Gasteiger partial charge in [-0.1, -0.05) is 25.5 Å². The van der Waals surface area contributed by atoms with Crippen LogP contribution >= 0.6 is 0 Å². The predicted octanol–water partition coefficient (Wildman–Crippen LogP) is 2.59. The highest BCUT2D eigenvalue weighted by Gasteiger charge is 2.20. The lowest BCUT2D eigenvalue weighted by Crippen LogP contribution is -2.25. The molecule has 0 unspecified atom stereocenters.